The zero-order chi connectivity index (χ0) is 20.6. The Morgan fingerprint density at radius 2 is 1.93 bits per heavy atom. The van der Waals surface area contributed by atoms with Crippen LogP contribution in [-0.4, -0.2) is 23.2 Å². The molecule has 0 aliphatic carbocycles. The number of carbonyl (C=O) groups excluding carboxylic acids is 1. The Kier molecular flexibility index (Phi) is 8.04. The molecule has 2 rings (SSSR count). The summed E-state index contributed by atoms with van der Waals surface area (Å²) in [6, 6.07) is 12.0. The highest BCUT2D eigenvalue weighted by atomic mass is 32.1. The largest absolute Gasteiger partial charge is 0.462 e. The van der Waals surface area contributed by atoms with Gasteiger partial charge < -0.3 is 15.4 Å². The molecular weight excluding hydrogens is 388 g/mol. The molecule has 1 heterocycles. The van der Waals surface area contributed by atoms with Gasteiger partial charge >= 0.3 is 5.97 Å². The molecule has 0 fully saturated rings. The smallest absolute Gasteiger partial charge is 0.341 e. The average molecular weight is 415 g/mol. The number of terminal acetylenes is 1. The molecule has 0 amide bonds. The van der Waals surface area contributed by atoms with Crippen molar-refractivity contribution in [2.75, 3.05) is 11.9 Å². The highest BCUT2D eigenvalue weighted by Crippen LogP contribution is 2.31. The minimum absolute atomic E-state index is 0.316. The number of ether oxygens (including phenoxy) is 1. The number of benzene rings is 1. The first-order chi connectivity index (χ1) is 13.5. The molecule has 6 heteroatoms. The fourth-order valence-corrected chi connectivity index (χ4v) is 4.24. The number of hydrogen-bond acceptors (Lipinski definition) is 4. The van der Waals surface area contributed by atoms with E-state index in [-0.39, 0.29) is 5.97 Å². The summed E-state index contributed by atoms with van der Waals surface area (Å²) in [5, 5.41) is 7.45. The van der Waals surface area contributed by atoms with Crippen molar-refractivity contribution in [3.8, 4) is 12.3 Å². The van der Waals surface area contributed by atoms with E-state index in [4.69, 9.17) is 23.4 Å². The van der Waals surface area contributed by atoms with Crippen molar-refractivity contribution in [3.05, 3.63) is 52.4 Å². The van der Waals surface area contributed by atoms with E-state index in [1.54, 1.807) is 6.92 Å². The second kappa shape index (κ2) is 10.3. The summed E-state index contributed by atoms with van der Waals surface area (Å²) in [4.78, 5) is 13.5. The Morgan fingerprint density at radius 3 is 2.50 bits per heavy atom. The molecular formula is C22H26N2O2S2. The Labute approximate surface area is 176 Å². The van der Waals surface area contributed by atoms with Gasteiger partial charge in [-0.1, -0.05) is 50.1 Å². The fraction of sp³-hybridized carbons (Fsp3) is 0.364. The fourth-order valence-electron chi connectivity index (χ4n) is 2.80. The van der Waals surface area contributed by atoms with Crippen molar-refractivity contribution in [1.82, 2.24) is 5.32 Å². The van der Waals surface area contributed by atoms with Crippen LogP contribution >= 0.6 is 23.6 Å². The third kappa shape index (κ3) is 5.57. The number of anilines is 1. The van der Waals surface area contributed by atoms with E-state index in [0.717, 1.165) is 24.1 Å². The minimum Gasteiger partial charge on any atom is -0.462 e. The van der Waals surface area contributed by atoms with E-state index < -0.39 is 5.54 Å². The predicted molar refractivity (Wildman–Crippen MR) is 121 cm³/mol. The second-order valence-corrected chi connectivity index (χ2v) is 7.90. The Morgan fingerprint density at radius 1 is 1.25 bits per heavy atom. The Balaban J connectivity index is 2.24. The van der Waals surface area contributed by atoms with Gasteiger partial charge in [0.05, 0.1) is 17.7 Å². The third-order valence-electron chi connectivity index (χ3n) is 4.56. The van der Waals surface area contributed by atoms with Crippen LogP contribution < -0.4 is 10.6 Å². The van der Waals surface area contributed by atoms with Crippen molar-refractivity contribution in [3.63, 3.8) is 0 Å². The second-order valence-electron chi connectivity index (χ2n) is 6.35. The minimum atomic E-state index is -0.502. The first-order valence-corrected chi connectivity index (χ1v) is 10.6. The molecule has 0 saturated carbocycles. The van der Waals surface area contributed by atoms with E-state index in [1.807, 2.05) is 38.1 Å². The first kappa shape index (κ1) is 21.9. The molecule has 0 saturated heterocycles. The van der Waals surface area contributed by atoms with Crippen LogP contribution in [0, 0.1) is 12.3 Å². The van der Waals surface area contributed by atoms with E-state index >= 15 is 0 Å². The van der Waals surface area contributed by atoms with E-state index in [2.05, 4.69) is 28.7 Å². The standard InChI is InChI=1S/C22H26N2O2S2/c1-5-22(6-2,7-3)24-21(27)23-19-18(20(25)26-8-4)15-17(28-19)14-16-12-10-9-11-13-16/h1,9-13,15H,6-8,14H2,2-4H3,(H2,23,24,27). The molecule has 2 N–H and O–H groups in total. The van der Waals surface area contributed by atoms with E-state index in [1.165, 1.54) is 16.9 Å². The van der Waals surface area contributed by atoms with Crippen LogP contribution in [0.25, 0.3) is 0 Å². The van der Waals surface area contributed by atoms with Crippen LogP contribution in [0.15, 0.2) is 36.4 Å². The van der Waals surface area contributed by atoms with E-state index in [0.29, 0.717) is 22.3 Å². The summed E-state index contributed by atoms with van der Waals surface area (Å²) in [6.07, 6.45) is 7.93. The molecule has 0 spiro atoms. The Bertz CT molecular complexity index is 849. The monoisotopic (exact) mass is 414 g/mol. The SMILES string of the molecule is C#CC(CC)(CC)NC(=S)Nc1sc(Cc2ccccc2)cc1C(=O)OCC. The number of rotatable bonds is 8. The number of thiophene rings is 1. The van der Waals surface area contributed by atoms with Crippen LogP contribution in [0.5, 0.6) is 0 Å². The number of carbonyl (C=O) groups is 1. The summed E-state index contributed by atoms with van der Waals surface area (Å²) in [6.45, 7) is 6.15. The highest BCUT2D eigenvalue weighted by molar-refractivity contribution is 7.80. The molecule has 4 nitrogen and oxygen atoms in total. The highest BCUT2D eigenvalue weighted by Gasteiger charge is 2.25. The zero-order valence-electron chi connectivity index (χ0n) is 16.5. The number of thiocarbonyl (C=S) groups is 1. The lowest BCUT2D eigenvalue weighted by molar-refractivity contribution is 0.0528. The van der Waals surface area contributed by atoms with Gasteiger partial charge in [-0.2, -0.15) is 0 Å². The zero-order valence-corrected chi connectivity index (χ0v) is 18.1. The van der Waals surface area contributed by atoms with Crippen molar-refractivity contribution in [2.45, 2.75) is 45.6 Å². The van der Waals surface area contributed by atoms with Gasteiger partial charge in [0, 0.05) is 11.3 Å². The molecule has 0 radical (unpaired) electrons. The lowest BCUT2D eigenvalue weighted by atomic mass is 9.94. The van der Waals surface area contributed by atoms with Crippen LogP contribution in [0.3, 0.4) is 0 Å². The summed E-state index contributed by atoms with van der Waals surface area (Å²) in [7, 11) is 0. The molecule has 0 atom stereocenters. The maximum absolute atomic E-state index is 12.4. The van der Waals surface area contributed by atoms with Crippen molar-refractivity contribution >= 4 is 39.6 Å². The maximum atomic E-state index is 12.4. The van der Waals surface area contributed by atoms with Gasteiger partial charge in [-0.15, -0.1) is 17.8 Å². The van der Waals surface area contributed by atoms with Gasteiger partial charge in [0.15, 0.2) is 5.11 Å². The van der Waals surface area contributed by atoms with Crippen molar-refractivity contribution < 1.29 is 9.53 Å². The molecule has 0 bridgehead atoms. The lowest BCUT2D eigenvalue weighted by Crippen LogP contribution is -2.48. The normalized spacial score (nSPS) is 10.8. The summed E-state index contributed by atoms with van der Waals surface area (Å²) >= 11 is 6.96. The van der Waals surface area contributed by atoms with Gasteiger partial charge in [0.1, 0.15) is 5.00 Å². The first-order valence-electron chi connectivity index (χ1n) is 9.37. The van der Waals surface area contributed by atoms with Gasteiger partial charge in [-0.25, -0.2) is 4.79 Å². The van der Waals surface area contributed by atoms with Crippen LogP contribution in [0.4, 0.5) is 5.00 Å². The quantitative estimate of drug-likeness (QED) is 0.362. The van der Waals surface area contributed by atoms with Crippen molar-refractivity contribution in [2.24, 2.45) is 0 Å². The third-order valence-corrected chi connectivity index (χ3v) is 5.82. The molecule has 0 aliphatic rings. The topological polar surface area (TPSA) is 50.4 Å². The van der Waals surface area contributed by atoms with Gasteiger partial charge in [-0.05, 0) is 43.6 Å². The summed E-state index contributed by atoms with van der Waals surface area (Å²) in [5.74, 6) is 2.44. The molecule has 1 aromatic heterocycles. The predicted octanol–water partition coefficient (Wildman–Crippen LogP) is 4.99. The van der Waals surface area contributed by atoms with Crippen LogP contribution in [0.1, 0.15) is 54.4 Å². The van der Waals surface area contributed by atoms with Gasteiger partial charge in [0.25, 0.3) is 0 Å². The number of hydrogen-bond donors (Lipinski definition) is 2. The van der Waals surface area contributed by atoms with Crippen LogP contribution in [0.2, 0.25) is 0 Å². The molecule has 28 heavy (non-hydrogen) atoms. The lowest BCUT2D eigenvalue weighted by Gasteiger charge is -2.28. The summed E-state index contributed by atoms with van der Waals surface area (Å²) in [5.41, 5.74) is 1.16. The number of nitrogens with one attached hydrogen (secondary N) is 2. The molecule has 0 aliphatic heterocycles. The maximum Gasteiger partial charge on any atom is 0.341 e. The van der Waals surface area contributed by atoms with Crippen molar-refractivity contribution in [1.29, 1.82) is 0 Å². The molecule has 148 valence electrons. The molecule has 0 unspecified atom stereocenters. The molecule has 2 aromatic rings. The molecule has 1 aromatic carbocycles. The van der Waals surface area contributed by atoms with Gasteiger partial charge in [0.2, 0.25) is 0 Å². The van der Waals surface area contributed by atoms with E-state index in [9.17, 15) is 4.79 Å². The Hall–Kier alpha value is -2.36. The summed E-state index contributed by atoms with van der Waals surface area (Å²) < 4.78 is 5.21. The van der Waals surface area contributed by atoms with Crippen LogP contribution in [-0.2, 0) is 11.2 Å². The van der Waals surface area contributed by atoms with Gasteiger partial charge in [-0.3, -0.25) is 0 Å². The number of esters is 1. The average Bonchev–Trinajstić information content (AvgIpc) is 3.09.